The van der Waals surface area contributed by atoms with Gasteiger partial charge in [-0.25, -0.2) is 8.42 Å². The zero-order valence-electron chi connectivity index (χ0n) is 23.3. The molecule has 0 radical (unpaired) electrons. The van der Waals surface area contributed by atoms with Gasteiger partial charge in [0.2, 0.25) is 21.7 Å². The minimum atomic E-state index is -4.15. The van der Waals surface area contributed by atoms with Crippen molar-refractivity contribution in [1.29, 1.82) is 0 Å². The Labute approximate surface area is 232 Å². The number of aryl methyl sites for hydroxylation is 1. The summed E-state index contributed by atoms with van der Waals surface area (Å²) in [4.78, 5) is 30.0. The number of carbonyl (C=O) groups excluding carboxylic acids is 2. The zero-order chi connectivity index (χ0) is 29.2. The minimum absolute atomic E-state index is 0.0103. The summed E-state index contributed by atoms with van der Waals surface area (Å²) >= 11 is 0. The van der Waals surface area contributed by atoms with Crippen LogP contribution in [0, 0.1) is 18.8 Å². The number of sulfone groups is 1. The van der Waals surface area contributed by atoms with Crippen molar-refractivity contribution in [1.82, 2.24) is 10.6 Å². The Hall–Kier alpha value is -2.70. The molecule has 0 aliphatic heterocycles. The van der Waals surface area contributed by atoms with E-state index in [2.05, 4.69) is 15.6 Å². The maximum Gasteiger partial charge on any atom is 0.243 e. The van der Waals surface area contributed by atoms with Gasteiger partial charge in [-0.2, -0.15) is 0 Å². The second-order valence-electron chi connectivity index (χ2n) is 10.9. The fraction of sp³-hybridized carbons (Fsp3) is 0.667. The Morgan fingerprint density at radius 2 is 1.67 bits per heavy atom. The highest BCUT2D eigenvalue weighted by Gasteiger charge is 2.37. The quantitative estimate of drug-likeness (QED) is 0.109. The summed E-state index contributed by atoms with van der Waals surface area (Å²) in [6.07, 6.45) is 6.10. The van der Waals surface area contributed by atoms with E-state index in [0.717, 1.165) is 37.7 Å². The van der Waals surface area contributed by atoms with Gasteiger partial charge in [0, 0.05) is 6.54 Å². The van der Waals surface area contributed by atoms with Crippen molar-refractivity contribution in [3.05, 3.63) is 29.8 Å². The van der Waals surface area contributed by atoms with Gasteiger partial charge in [0.1, 0.15) is 6.04 Å². The van der Waals surface area contributed by atoms with Gasteiger partial charge in [0.05, 0.1) is 17.0 Å². The molecule has 0 spiro atoms. The number of rotatable bonds is 14. The zero-order valence-corrected chi connectivity index (χ0v) is 24.1. The van der Waals surface area contributed by atoms with Crippen LogP contribution in [-0.2, 0) is 19.4 Å². The molecule has 1 aliphatic rings. The maximum atomic E-state index is 13.4. The Kier molecular flexibility index (Phi) is 12.7. The summed E-state index contributed by atoms with van der Waals surface area (Å²) in [5.74, 6) is -1.25. The molecule has 2 amide bonds. The first-order chi connectivity index (χ1) is 18.3. The number of nitrogens with two attached hydrogens (primary N) is 3. The van der Waals surface area contributed by atoms with Gasteiger partial charge in [0.25, 0.3) is 0 Å². The standard InChI is InChI=1S/C27H46N6O5S/c1-17(2)23(33-24(34)21(28)10-7-15-31-27(29)30)25(35)32-22(16-19-8-5-4-6-9-19)26(36)39(37,38)20-13-11-18(3)12-14-20/h11-14,17,19,21-23,26,36H,4-10,15-16,28H2,1-3H3,(H,32,35)(H,33,34)(H4,29,30,31)/t21?,22-,23-,26?/m0/s1. The first-order valence-corrected chi connectivity index (χ1v) is 15.3. The van der Waals surface area contributed by atoms with Crippen molar-refractivity contribution in [2.75, 3.05) is 6.54 Å². The van der Waals surface area contributed by atoms with Crippen molar-refractivity contribution >= 4 is 27.6 Å². The van der Waals surface area contributed by atoms with Gasteiger partial charge in [0.15, 0.2) is 11.4 Å². The maximum absolute atomic E-state index is 13.4. The highest BCUT2D eigenvalue weighted by molar-refractivity contribution is 7.92. The van der Waals surface area contributed by atoms with Crippen molar-refractivity contribution in [2.24, 2.45) is 34.0 Å². The summed E-state index contributed by atoms with van der Waals surface area (Å²) in [7, 11) is -4.15. The van der Waals surface area contributed by atoms with Crippen molar-refractivity contribution in [2.45, 2.75) is 101 Å². The lowest BCUT2D eigenvalue weighted by Gasteiger charge is -2.32. The molecule has 12 heteroatoms. The molecule has 9 N–H and O–H groups in total. The smallest absolute Gasteiger partial charge is 0.243 e. The Balaban J connectivity index is 2.18. The van der Waals surface area contributed by atoms with Gasteiger partial charge >= 0.3 is 0 Å². The molecule has 1 aromatic carbocycles. The monoisotopic (exact) mass is 566 g/mol. The van der Waals surface area contributed by atoms with E-state index in [0.29, 0.717) is 25.8 Å². The van der Waals surface area contributed by atoms with Crippen molar-refractivity contribution < 1.29 is 23.1 Å². The molecule has 2 unspecified atom stereocenters. The number of hydrogen-bond acceptors (Lipinski definition) is 7. The number of nitrogens with zero attached hydrogens (tertiary/aromatic N) is 1. The van der Waals surface area contributed by atoms with Crippen LogP contribution in [0.3, 0.4) is 0 Å². The van der Waals surface area contributed by atoms with Crippen LogP contribution < -0.4 is 27.8 Å². The summed E-state index contributed by atoms with van der Waals surface area (Å²) in [5.41, 5.74) is 15.7. The molecular weight excluding hydrogens is 520 g/mol. The van der Waals surface area contributed by atoms with E-state index >= 15 is 0 Å². The molecule has 11 nitrogen and oxygen atoms in total. The molecule has 39 heavy (non-hydrogen) atoms. The van der Waals surface area contributed by atoms with Gasteiger partial charge in [-0.3, -0.25) is 14.6 Å². The largest absolute Gasteiger partial charge is 0.375 e. The third-order valence-electron chi connectivity index (χ3n) is 7.20. The molecular formula is C27H46N6O5S. The van der Waals surface area contributed by atoms with Crippen LogP contribution in [0.15, 0.2) is 34.2 Å². The van der Waals surface area contributed by atoms with Crippen LogP contribution in [0.5, 0.6) is 0 Å². The molecule has 1 fully saturated rings. The molecule has 2 rings (SSSR count). The van der Waals surface area contributed by atoms with Gasteiger partial charge < -0.3 is 32.9 Å². The van der Waals surface area contributed by atoms with Crippen LogP contribution in [0.4, 0.5) is 0 Å². The van der Waals surface area contributed by atoms with Crippen LogP contribution in [0.25, 0.3) is 0 Å². The van der Waals surface area contributed by atoms with E-state index in [9.17, 15) is 23.1 Å². The van der Waals surface area contributed by atoms with Crippen LogP contribution in [0.2, 0.25) is 0 Å². The highest BCUT2D eigenvalue weighted by Crippen LogP contribution is 2.30. The molecule has 1 aliphatic carbocycles. The fourth-order valence-corrected chi connectivity index (χ4v) is 6.24. The molecule has 0 heterocycles. The summed E-state index contributed by atoms with van der Waals surface area (Å²) in [6.45, 7) is 5.71. The minimum Gasteiger partial charge on any atom is -0.375 e. The van der Waals surface area contributed by atoms with E-state index in [1.807, 2.05) is 6.92 Å². The van der Waals surface area contributed by atoms with Crippen LogP contribution in [-0.4, -0.2) is 61.4 Å². The summed E-state index contributed by atoms with van der Waals surface area (Å²) in [6, 6.07) is 3.36. The number of aliphatic hydroxyl groups is 1. The average molecular weight is 567 g/mol. The third kappa shape index (κ3) is 10.1. The lowest BCUT2D eigenvalue weighted by Crippen LogP contribution is -2.57. The first-order valence-electron chi connectivity index (χ1n) is 13.7. The van der Waals surface area contributed by atoms with Gasteiger partial charge in [-0.1, -0.05) is 63.6 Å². The average Bonchev–Trinajstić information content (AvgIpc) is 2.89. The van der Waals surface area contributed by atoms with Gasteiger partial charge in [-0.15, -0.1) is 0 Å². The third-order valence-corrected chi connectivity index (χ3v) is 9.10. The Morgan fingerprint density at radius 1 is 1.05 bits per heavy atom. The first kappa shape index (κ1) is 32.5. The van der Waals surface area contributed by atoms with E-state index in [-0.39, 0.29) is 22.7 Å². The van der Waals surface area contributed by atoms with E-state index in [1.54, 1.807) is 26.0 Å². The normalized spacial score (nSPS) is 17.6. The topological polar surface area (TPSA) is 203 Å². The number of nitrogens with one attached hydrogen (secondary N) is 2. The Morgan fingerprint density at radius 3 is 2.23 bits per heavy atom. The number of aliphatic imine (C=N–C) groups is 1. The van der Waals surface area contributed by atoms with E-state index in [4.69, 9.17) is 17.2 Å². The molecule has 220 valence electrons. The molecule has 0 aromatic heterocycles. The number of guanidine groups is 1. The van der Waals surface area contributed by atoms with Crippen molar-refractivity contribution in [3.63, 3.8) is 0 Å². The predicted octanol–water partition coefficient (Wildman–Crippen LogP) is 1.06. The number of hydrogen-bond donors (Lipinski definition) is 6. The Bertz CT molecular complexity index is 1070. The van der Waals surface area contributed by atoms with Crippen molar-refractivity contribution in [3.8, 4) is 0 Å². The highest BCUT2D eigenvalue weighted by atomic mass is 32.2. The number of benzene rings is 1. The number of amides is 2. The van der Waals surface area contributed by atoms with E-state index in [1.165, 1.54) is 12.1 Å². The van der Waals surface area contributed by atoms with Crippen LogP contribution in [0.1, 0.15) is 70.8 Å². The second kappa shape index (κ2) is 15.2. The summed E-state index contributed by atoms with van der Waals surface area (Å²) < 4.78 is 26.7. The van der Waals surface area contributed by atoms with Gasteiger partial charge in [-0.05, 0) is 50.2 Å². The number of carbonyl (C=O) groups is 2. The van der Waals surface area contributed by atoms with Crippen LogP contribution >= 0.6 is 0 Å². The molecule has 1 saturated carbocycles. The molecule has 0 bridgehead atoms. The molecule has 0 saturated heterocycles. The predicted molar refractivity (Wildman–Crippen MR) is 152 cm³/mol. The lowest BCUT2D eigenvalue weighted by molar-refractivity contribution is -0.131. The number of aliphatic hydroxyl groups excluding tert-OH is 1. The second-order valence-corrected chi connectivity index (χ2v) is 12.9. The fourth-order valence-electron chi connectivity index (χ4n) is 4.83. The molecule has 4 atom stereocenters. The molecule has 1 aromatic rings. The van der Waals surface area contributed by atoms with E-state index < -0.39 is 45.2 Å². The SMILES string of the molecule is Cc1ccc(S(=O)(=O)C(O)[C@H](CC2CCCCC2)NC(=O)[C@@H](NC(=O)C(N)CCCN=C(N)N)C(C)C)cc1. The summed E-state index contributed by atoms with van der Waals surface area (Å²) in [5, 5.41) is 16.6. The lowest BCUT2D eigenvalue weighted by atomic mass is 9.85.